The Balaban J connectivity index is 1.19. The Hall–Kier alpha value is -3.55. The standard InChI is InChI=1S/C32H35NO6/c1-31(2,3)26-18-22(26)29(34)33-14-7-15-37-20-11-13-25-28(17-20)38-27-16-19(36-4)10-12-24(27)32(25)23-9-6-5-8-21(23)30(35)39-32/h5-6,8-13,16-17,22,26,30,35H,7,14-15,18H2,1-4H3,(H,33,34). The summed E-state index contributed by atoms with van der Waals surface area (Å²) in [6.07, 6.45) is 0.605. The van der Waals surface area contributed by atoms with E-state index >= 15 is 0 Å². The predicted octanol–water partition coefficient (Wildman–Crippen LogP) is 5.68. The number of hydrogen-bond donors (Lipinski definition) is 2. The minimum Gasteiger partial charge on any atom is -0.497 e. The molecular weight excluding hydrogens is 494 g/mol. The van der Waals surface area contributed by atoms with Crippen molar-refractivity contribution in [3.63, 3.8) is 0 Å². The minimum absolute atomic E-state index is 0.138. The maximum atomic E-state index is 12.4. The zero-order valence-electron chi connectivity index (χ0n) is 22.8. The van der Waals surface area contributed by atoms with Gasteiger partial charge in [-0.2, -0.15) is 0 Å². The lowest BCUT2D eigenvalue weighted by molar-refractivity contribution is -0.142. The molecule has 3 aliphatic rings. The molecule has 1 spiro atoms. The van der Waals surface area contributed by atoms with Gasteiger partial charge in [-0.05, 0) is 48.4 Å². The van der Waals surface area contributed by atoms with Crippen molar-refractivity contribution in [3.05, 3.63) is 82.9 Å². The van der Waals surface area contributed by atoms with Crippen LogP contribution in [0.2, 0.25) is 0 Å². The van der Waals surface area contributed by atoms with Crippen molar-refractivity contribution < 1.29 is 28.8 Å². The van der Waals surface area contributed by atoms with Crippen LogP contribution < -0.4 is 19.5 Å². The van der Waals surface area contributed by atoms with Gasteiger partial charge in [0.25, 0.3) is 0 Å². The van der Waals surface area contributed by atoms with Crippen LogP contribution in [0.25, 0.3) is 0 Å². The van der Waals surface area contributed by atoms with Crippen LogP contribution in [-0.2, 0) is 15.1 Å². The molecule has 2 N–H and O–H groups in total. The van der Waals surface area contributed by atoms with E-state index in [0.717, 1.165) is 28.7 Å². The van der Waals surface area contributed by atoms with Crippen LogP contribution in [0.5, 0.6) is 23.0 Å². The van der Waals surface area contributed by atoms with Crippen molar-refractivity contribution in [2.45, 2.75) is 45.5 Å². The highest BCUT2D eigenvalue weighted by molar-refractivity contribution is 5.81. The highest BCUT2D eigenvalue weighted by Gasteiger charge is 2.52. The molecule has 3 aromatic rings. The van der Waals surface area contributed by atoms with Crippen LogP contribution in [0.15, 0.2) is 60.7 Å². The second-order valence-corrected chi connectivity index (χ2v) is 11.7. The van der Waals surface area contributed by atoms with E-state index in [1.807, 2.05) is 60.7 Å². The van der Waals surface area contributed by atoms with Crippen molar-refractivity contribution in [1.29, 1.82) is 0 Å². The van der Waals surface area contributed by atoms with Crippen molar-refractivity contribution in [2.75, 3.05) is 20.3 Å². The quantitative estimate of drug-likeness (QED) is 0.383. The van der Waals surface area contributed by atoms with E-state index in [-0.39, 0.29) is 17.2 Å². The normalized spacial score (nSPS) is 24.3. The number of aliphatic hydroxyl groups excluding tert-OH is 1. The van der Waals surface area contributed by atoms with Crippen molar-refractivity contribution in [3.8, 4) is 23.0 Å². The number of hydrogen-bond acceptors (Lipinski definition) is 6. The number of aliphatic hydroxyl groups is 1. The molecule has 3 aromatic carbocycles. The van der Waals surface area contributed by atoms with Gasteiger partial charge >= 0.3 is 0 Å². The first kappa shape index (κ1) is 25.7. The van der Waals surface area contributed by atoms with Crippen molar-refractivity contribution >= 4 is 5.91 Å². The van der Waals surface area contributed by atoms with Gasteiger partial charge in [0.15, 0.2) is 11.9 Å². The van der Waals surface area contributed by atoms with Crippen LogP contribution in [-0.4, -0.2) is 31.3 Å². The fourth-order valence-electron chi connectivity index (χ4n) is 6.03. The molecule has 39 heavy (non-hydrogen) atoms. The summed E-state index contributed by atoms with van der Waals surface area (Å²) in [7, 11) is 1.61. The molecule has 2 aliphatic heterocycles. The molecule has 0 aromatic heterocycles. The summed E-state index contributed by atoms with van der Waals surface area (Å²) in [6.45, 7) is 7.61. The lowest BCUT2D eigenvalue weighted by atomic mass is 9.77. The van der Waals surface area contributed by atoms with Gasteiger partial charge in [-0.25, -0.2) is 0 Å². The maximum Gasteiger partial charge on any atom is 0.223 e. The number of carbonyl (C=O) groups is 1. The molecule has 4 unspecified atom stereocenters. The Morgan fingerprint density at radius 2 is 1.72 bits per heavy atom. The third-order valence-corrected chi connectivity index (χ3v) is 8.14. The van der Waals surface area contributed by atoms with Gasteiger partial charge < -0.3 is 29.4 Å². The summed E-state index contributed by atoms with van der Waals surface area (Å²) in [6, 6.07) is 19.0. The second-order valence-electron chi connectivity index (χ2n) is 11.7. The first-order valence-electron chi connectivity index (χ1n) is 13.6. The predicted molar refractivity (Wildman–Crippen MR) is 146 cm³/mol. The summed E-state index contributed by atoms with van der Waals surface area (Å²) in [5, 5.41) is 13.9. The summed E-state index contributed by atoms with van der Waals surface area (Å²) in [5.41, 5.74) is 2.35. The van der Waals surface area contributed by atoms with Gasteiger partial charge in [-0.15, -0.1) is 0 Å². The Kier molecular flexibility index (Phi) is 6.31. The average Bonchev–Trinajstić information content (AvgIpc) is 3.69. The SMILES string of the molecule is COc1ccc2c(c1)Oc1cc(OCCCNC(=O)C3CC3C(C)(C)C)ccc1C21OC(O)c2ccccc21. The number of methoxy groups -OCH3 is 1. The van der Waals surface area contributed by atoms with E-state index < -0.39 is 11.9 Å². The molecule has 4 atom stereocenters. The fourth-order valence-corrected chi connectivity index (χ4v) is 6.03. The van der Waals surface area contributed by atoms with Gasteiger partial charge in [-0.1, -0.05) is 45.0 Å². The monoisotopic (exact) mass is 529 g/mol. The molecule has 204 valence electrons. The number of benzene rings is 3. The van der Waals surface area contributed by atoms with Crippen LogP contribution in [0, 0.1) is 17.3 Å². The second kappa shape index (κ2) is 9.57. The summed E-state index contributed by atoms with van der Waals surface area (Å²) >= 11 is 0. The largest absolute Gasteiger partial charge is 0.497 e. The molecule has 1 fully saturated rings. The van der Waals surface area contributed by atoms with E-state index in [2.05, 4.69) is 26.1 Å². The zero-order valence-corrected chi connectivity index (χ0v) is 22.8. The molecule has 0 saturated heterocycles. The van der Waals surface area contributed by atoms with E-state index in [9.17, 15) is 9.90 Å². The van der Waals surface area contributed by atoms with Gasteiger partial charge in [0.2, 0.25) is 5.91 Å². The van der Waals surface area contributed by atoms with Gasteiger partial charge in [0.05, 0.1) is 13.7 Å². The van der Waals surface area contributed by atoms with Crippen LogP contribution >= 0.6 is 0 Å². The Morgan fingerprint density at radius 3 is 2.41 bits per heavy atom. The molecule has 1 saturated carbocycles. The van der Waals surface area contributed by atoms with E-state index in [1.54, 1.807) is 7.11 Å². The van der Waals surface area contributed by atoms with Crippen molar-refractivity contribution in [1.82, 2.24) is 5.32 Å². The number of carbonyl (C=O) groups excluding carboxylic acids is 1. The summed E-state index contributed by atoms with van der Waals surface area (Å²) < 4.78 is 24.2. The third kappa shape index (κ3) is 4.43. The number of nitrogens with one attached hydrogen (secondary N) is 1. The average molecular weight is 530 g/mol. The molecule has 2 heterocycles. The van der Waals surface area contributed by atoms with E-state index in [4.69, 9.17) is 18.9 Å². The Morgan fingerprint density at radius 1 is 1.03 bits per heavy atom. The first-order valence-corrected chi connectivity index (χ1v) is 13.6. The highest BCUT2D eigenvalue weighted by atomic mass is 16.6. The number of amides is 1. The summed E-state index contributed by atoms with van der Waals surface area (Å²) in [5.74, 6) is 3.26. The van der Waals surface area contributed by atoms with Crippen molar-refractivity contribution in [2.24, 2.45) is 17.3 Å². The van der Waals surface area contributed by atoms with Crippen LogP contribution in [0.3, 0.4) is 0 Å². The lowest BCUT2D eigenvalue weighted by Crippen LogP contribution is -2.32. The molecule has 0 radical (unpaired) electrons. The van der Waals surface area contributed by atoms with Gasteiger partial charge in [0, 0.05) is 46.8 Å². The first-order chi connectivity index (χ1) is 18.7. The summed E-state index contributed by atoms with van der Waals surface area (Å²) in [4.78, 5) is 12.4. The molecule has 1 aliphatic carbocycles. The van der Waals surface area contributed by atoms with E-state index in [0.29, 0.717) is 48.5 Å². The molecule has 7 heteroatoms. The molecular formula is C32H35NO6. The number of ether oxygens (including phenoxy) is 4. The van der Waals surface area contributed by atoms with Gasteiger partial charge in [-0.3, -0.25) is 4.79 Å². The molecule has 6 rings (SSSR count). The smallest absolute Gasteiger partial charge is 0.223 e. The maximum absolute atomic E-state index is 12.4. The minimum atomic E-state index is -1.07. The number of rotatable bonds is 7. The number of fused-ring (bicyclic) bond motifs is 6. The topological polar surface area (TPSA) is 86.2 Å². The lowest BCUT2D eigenvalue weighted by Gasteiger charge is -2.37. The van der Waals surface area contributed by atoms with Crippen LogP contribution in [0.4, 0.5) is 0 Å². The van der Waals surface area contributed by atoms with Crippen LogP contribution in [0.1, 0.15) is 62.2 Å². The zero-order chi connectivity index (χ0) is 27.4. The molecule has 1 amide bonds. The Labute approximate surface area is 229 Å². The highest BCUT2D eigenvalue weighted by Crippen LogP contribution is 2.59. The third-order valence-electron chi connectivity index (χ3n) is 8.14. The Bertz CT molecular complexity index is 1410. The molecule has 7 nitrogen and oxygen atoms in total. The van der Waals surface area contributed by atoms with Gasteiger partial charge in [0.1, 0.15) is 23.0 Å². The fraction of sp³-hybridized carbons (Fsp3) is 0.406. The molecule has 0 bridgehead atoms. The van der Waals surface area contributed by atoms with E-state index in [1.165, 1.54) is 0 Å².